The van der Waals surface area contributed by atoms with E-state index < -0.39 is 33.7 Å². The number of alkyl halides is 2. The third kappa shape index (κ3) is 4.34. The first kappa shape index (κ1) is 28.4. The Kier molecular flexibility index (Phi) is 6.27. The summed E-state index contributed by atoms with van der Waals surface area (Å²) < 4.78 is 67.5. The van der Waals surface area contributed by atoms with Gasteiger partial charge in [0.2, 0.25) is 0 Å². The van der Waals surface area contributed by atoms with Crippen molar-refractivity contribution >= 4 is 22.0 Å². The zero-order valence-electron chi connectivity index (χ0n) is 24.8. The van der Waals surface area contributed by atoms with E-state index in [1.54, 1.807) is 24.7 Å². The van der Waals surface area contributed by atoms with Gasteiger partial charge in [-0.15, -0.1) is 10.2 Å². The van der Waals surface area contributed by atoms with Crippen LogP contribution in [0.1, 0.15) is 75.6 Å². The highest BCUT2D eigenvalue weighted by molar-refractivity contribution is 7.84. The molecule has 0 saturated heterocycles. The second kappa shape index (κ2) is 9.95. The molecule has 0 unspecified atom stereocenters. The molecule has 1 saturated carbocycles. The third-order valence-corrected chi connectivity index (χ3v) is 10.9. The Bertz CT molecular complexity index is 2010. The van der Waals surface area contributed by atoms with Gasteiger partial charge in [-0.1, -0.05) is 18.2 Å². The van der Waals surface area contributed by atoms with Gasteiger partial charge in [0.15, 0.2) is 5.82 Å². The molecule has 3 atom stereocenters. The van der Waals surface area contributed by atoms with Gasteiger partial charge in [-0.25, -0.2) is 18.3 Å². The van der Waals surface area contributed by atoms with Crippen molar-refractivity contribution in [3.63, 3.8) is 0 Å². The van der Waals surface area contributed by atoms with Crippen LogP contribution in [0.15, 0.2) is 55.0 Å². The van der Waals surface area contributed by atoms with E-state index >= 15 is 4.39 Å². The molecule has 3 aliphatic rings. The average molecular weight is 634 g/mol. The SMILES string of the molecule is CC(C)(C)[S@@](=O)NC1(c2ncc(-c3ccc4nc5n(c4c3)[C@@H]3C[C@H]5n4cnnc4-c4cccc(OC(F)F)c43)cc2F)CCC1. The first-order valence-electron chi connectivity index (χ1n) is 14.9. The zero-order chi connectivity index (χ0) is 31.2. The minimum absolute atomic E-state index is 0.0846. The predicted molar refractivity (Wildman–Crippen MR) is 162 cm³/mol. The summed E-state index contributed by atoms with van der Waals surface area (Å²) in [6.07, 6.45) is 6.05. The molecule has 232 valence electrons. The Morgan fingerprint density at radius 2 is 1.93 bits per heavy atom. The van der Waals surface area contributed by atoms with Crippen LogP contribution in [0.4, 0.5) is 13.2 Å². The topological polar surface area (TPSA) is 99.8 Å². The summed E-state index contributed by atoms with van der Waals surface area (Å²) in [5.41, 5.74) is 3.61. The normalized spacial score (nSPS) is 20.3. The van der Waals surface area contributed by atoms with E-state index in [2.05, 4.69) is 24.5 Å². The van der Waals surface area contributed by atoms with E-state index in [1.165, 1.54) is 6.07 Å². The predicted octanol–water partition coefficient (Wildman–Crippen LogP) is 6.42. The van der Waals surface area contributed by atoms with Crippen LogP contribution in [0.5, 0.6) is 5.75 Å². The molecule has 9 nitrogen and oxygen atoms in total. The molecule has 8 rings (SSSR count). The van der Waals surface area contributed by atoms with Gasteiger partial charge in [0.05, 0.1) is 50.1 Å². The quantitative estimate of drug-likeness (QED) is 0.232. The number of fused-ring (bicyclic) bond motifs is 6. The van der Waals surface area contributed by atoms with Gasteiger partial charge in [0.1, 0.15) is 23.7 Å². The number of aromatic nitrogens is 6. The number of rotatable bonds is 6. The average Bonchev–Trinajstić information content (AvgIpc) is 3.66. The van der Waals surface area contributed by atoms with E-state index in [1.807, 2.05) is 49.6 Å². The van der Waals surface area contributed by atoms with E-state index in [9.17, 15) is 13.0 Å². The van der Waals surface area contributed by atoms with Gasteiger partial charge in [-0.05, 0) is 69.9 Å². The molecular weight excluding hydrogens is 603 g/mol. The van der Waals surface area contributed by atoms with Gasteiger partial charge < -0.3 is 13.9 Å². The second-order valence-electron chi connectivity index (χ2n) is 12.9. The van der Waals surface area contributed by atoms with E-state index in [0.717, 1.165) is 28.8 Å². The number of hydrogen-bond donors (Lipinski definition) is 1. The van der Waals surface area contributed by atoms with Crippen molar-refractivity contribution in [1.29, 1.82) is 0 Å². The smallest absolute Gasteiger partial charge is 0.387 e. The molecular formula is C32H30F3N7O2S. The van der Waals surface area contributed by atoms with Crippen molar-refractivity contribution in [1.82, 2.24) is 34.0 Å². The highest BCUT2D eigenvalue weighted by Gasteiger charge is 2.45. The first-order chi connectivity index (χ1) is 21.5. The Morgan fingerprint density at radius 1 is 1.11 bits per heavy atom. The van der Waals surface area contributed by atoms with Gasteiger partial charge >= 0.3 is 6.61 Å². The minimum Gasteiger partial charge on any atom is -0.434 e. The molecule has 3 aromatic heterocycles. The van der Waals surface area contributed by atoms with Crippen molar-refractivity contribution in [3.8, 4) is 28.3 Å². The van der Waals surface area contributed by atoms with Crippen molar-refractivity contribution in [2.24, 2.45) is 0 Å². The van der Waals surface area contributed by atoms with Crippen molar-refractivity contribution < 1.29 is 22.1 Å². The maximum Gasteiger partial charge on any atom is 0.387 e. The van der Waals surface area contributed by atoms with Crippen molar-refractivity contribution in [2.75, 3.05) is 0 Å². The van der Waals surface area contributed by atoms with Crippen LogP contribution in [-0.4, -0.2) is 44.9 Å². The fourth-order valence-electron chi connectivity index (χ4n) is 6.90. The highest BCUT2D eigenvalue weighted by Crippen LogP contribution is 2.52. The van der Waals surface area contributed by atoms with Crippen LogP contribution >= 0.6 is 0 Å². The fourth-order valence-corrected chi connectivity index (χ4v) is 7.86. The van der Waals surface area contributed by atoms with Gasteiger partial charge in [-0.2, -0.15) is 8.78 Å². The van der Waals surface area contributed by atoms with Crippen LogP contribution in [0, 0.1) is 5.82 Å². The van der Waals surface area contributed by atoms with Crippen LogP contribution < -0.4 is 9.46 Å². The van der Waals surface area contributed by atoms with Gasteiger partial charge in [0, 0.05) is 29.3 Å². The molecule has 2 bridgehead atoms. The molecule has 5 aromatic rings. The number of imidazole rings is 1. The highest BCUT2D eigenvalue weighted by atomic mass is 32.2. The van der Waals surface area contributed by atoms with E-state index in [4.69, 9.17) is 9.72 Å². The fraction of sp³-hybridized carbons (Fsp3) is 0.375. The number of nitrogens with one attached hydrogen (secondary N) is 1. The maximum absolute atomic E-state index is 15.8. The molecule has 1 aliphatic carbocycles. The molecule has 0 radical (unpaired) electrons. The number of hydrogen-bond acceptors (Lipinski definition) is 6. The van der Waals surface area contributed by atoms with Gasteiger partial charge in [-0.3, -0.25) is 4.98 Å². The summed E-state index contributed by atoms with van der Waals surface area (Å²) in [5.74, 6) is 0.957. The van der Waals surface area contributed by atoms with Crippen LogP contribution in [0.3, 0.4) is 0 Å². The number of halogens is 3. The Hall–Kier alpha value is -4.10. The van der Waals surface area contributed by atoms with E-state index in [0.29, 0.717) is 41.8 Å². The number of benzene rings is 2. The summed E-state index contributed by atoms with van der Waals surface area (Å²) in [6, 6.07) is 11.7. The molecule has 2 aliphatic heterocycles. The minimum atomic E-state index is -2.99. The molecule has 1 N–H and O–H groups in total. The molecule has 5 heterocycles. The number of ether oxygens (including phenoxy) is 1. The summed E-state index contributed by atoms with van der Waals surface area (Å²) >= 11 is 0. The maximum atomic E-state index is 15.8. The number of nitrogens with zero attached hydrogens (tertiary/aromatic N) is 6. The molecule has 1 fully saturated rings. The summed E-state index contributed by atoms with van der Waals surface area (Å²) in [7, 11) is -1.38. The summed E-state index contributed by atoms with van der Waals surface area (Å²) in [5, 5.41) is 8.44. The lowest BCUT2D eigenvalue weighted by Crippen LogP contribution is -2.53. The second-order valence-corrected chi connectivity index (χ2v) is 14.9. The lowest BCUT2D eigenvalue weighted by molar-refractivity contribution is -0.0506. The summed E-state index contributed by atoms with van der Waals surface area (Å²) in [6.45, 7) is 2.65. The van der Waals surface area contributed by atoms with Crippen LogP contribution in [0.2, 0.25) is 0 Å². The van der Waals surface area contributed by atoms with Crippen LogP contribution in [0.25, 0.3) is 33.5 Å². The first-order valence-corrected chi connectivity index (χ1v) is 16.0. The lowest BCUT2D eigenvalue weighted by Gasteiger charge is -2.43. The van der Waals surface area contributed by atoms with Crippen molar-refractivity contribution in [2.45, 2.75) is 75.4 Å². The van der Waals surface area contributed by atoms with E-state index in [-0.39, 0.29) is 23.5 Å². The van der Waals surface area contributed by atoms with Crippen LogP contribution in [-0.2, 0) is 16.5 Å². The summed E-state index contributed by atoms with van der Waals surface area (Å²) in [4.78, 5) is 9.53. The molecule has 2 aromatic carbocycles. The Balaban J connectivity index is 1.22. The van der Waals surface area contributed by atoms with Crippen molar-refractivity contribution in [3.05, 3.63) is 77.9 Å². The van der Waals surface area contributed by atoms with Gasteiger partial charge in [0.25, 0.3) is 0 Å². The Labute approximate surface area is 259 Å². The number of pyridine rings is 1. The molecule has 13 heteroatoms. The third-order valence-electron chi connectivity index (χ3n) is 9.22. The lowest BCUT2D eigenvalue weighted by atomic mass is 9.74. The molecule has 45 heavy (non-hydrogen) atoms. The molecule has 0 amide bonds. The largest absolute Gasteiger partial charge is 0.434 e. The standard InChI is InChI=1S/C32H30F3N7O2S/c1-31(2,3)45(43)40-32(10-5-11-32)27-20(33)12-18(15-36-27)17-8-9-21-22(13-17)42-23-14-24(29(42)38-21)41-16-37-39-28(41)19-6-4-7-25(26(19)23)44-30(34)35/h4,6-9,12-13,15-16,23-24,30,40H,5,10-11,14H2,1-3H3/t23-,24-,45-/m1/s1. The molecule has 0 spiro atoms. The Morgan fingerprint density at radius 3 is 2.64 bits per heavy atom. The zero-order valence-corrected chi connectivity index (χ0v) is 25.6. The monoisotopic (exact) mass is 633 g/mol.